The molecule has 1 aliphatic heterocycles. The van der Waals surface area contributed by atoms with Gasteiger partial charge in [0.2, 0.25) is 11.8 Å². The van der Waals surface area contributed by atoms with Crippen LogP contribution in [0.3, 0.4) is 0 Å². The minimum absolute atomic E-state index is 0.00396. The molecule has 0 saturated carbocycles. The summed E-state index contributed by atoms with van der Waals surface area (Å²) >= 11 is 0. The second kappa shape index (κ2) is 9.50. The van der Waals surface area contributed by atoms with Crippen molar-refractivity contribution in [2.24, 2.45) is 5.73 Å². The molecule has 7 nitrogen and oxygen atoms in total. The number of hydrogen-bond donors (Lipinski definition) is 1. The minimum atomic E-state index is -0.549. The third kappa shape index (κ3) is 5.19. The van der Waals surface area contributed by atoms with Crippen LogP contribution in [0.4, 0.5) is 0 Å². The molecule has 2 amide bonds. The fourth-order valence-corrected chi connectivity index (χ4v) is 3.70. The third-order valence-electron chi connectivity index (χ3n) is 5.39. The molecule has 150 valence electrons. The summed E-state index contributed by atoms with van der Waals surface area (Å²) in [6.45, 7) is 5.37. The van der Waals surface area contributed by atoms with E-state index in [4.69, 9.17) is 5.73 Å². The number of hydrogen-bond acceptors (Lipinski definition) is 4. The van der Waals surface area contributed by atoms with Crippen LogP contribution in [0.1, 0.15) is 24.2 Å². The summed E-state index contributed by atoms with van der Waals surface area (Å²) < 4.78 is 2.03. The maximum atomic E-state index is 12.7. The second-order valence-electron chi connectivity index (χ2n) is 7.31. The Morgan fingerprint density at radius 1 is 1.18 bits per heavy atom. The molecule has 1 atom stereocenters. The minimum Gasteiger partial charge on any atom is -0.368 e. The summed E-state index contributed by atoms with van der Waals surface area (Å²) in [6.07, 6.45) is 5.72. The van der Waals surface area contributed by atoms with Crippen molar-refractivity contribution < 1.29 is 9.59 Å². The van der Waals surface area contributed by atoms with E-state index in [-0.39, 0.29) is 5.91 Å². The molecule has 1 unspecified atom stereocenters. The first-order valence-electron chi connectivity index (χ1n) is 9.87. The van der Waals surface area contributed by atoms with E-state index in [0.717, 1.165) is 38.3 Å². The Morgan fingerprint density at radius 3 is 2.64 bits per heavy atom. The number of carbonyl (C=O) groups excluding carboxylic acids is 2. The van der Waals surface area contributed by atoms with Gasteiger partial charge in [-0.3, -0.25) is 14.5 Å². The fourth-order valence-electron chi connectivity index (χ4n) is 3.70. The van der Waals surface area contributed by atoms with Crippen LogP contribution in [0.2, 0.25) is 0 Å². The van der Waals surface area contributed by atoms with Gasteiger partial charge >= 0.3 is 0 Å². The second-order valence-corrected chi connectivity index (χ2v) is 7.31. The quantitative estimate of drug-likeness (QED) is 0.743. The molecule has 1 fully saturated rings. The van der Waals surface area contributed by atoms with Crippen molar-refractivity contribution in [3.05, 3.63) is 54.1 Å². The zero-order valence-corrected chi connectivity index (χ0v) is 16.5. The summed E-state index contributed by atoms with van der Waals surface area (Å²) in [5, 5.41) is 0. The molecular formula is C21H29N5O2. The lowest BCUT2D eigenvalue weighted by Crippen LogP contribution is -2.60. The van der Waals surface area contributed by atoms with Gasteiger partial charge in [0, 0.05) is 51.5 Å². The maximum Gasteiger partial charge on any atom is 0.241 e. The normalized spacial score (nSPS) is 17.6. The van der Waals surface area contributed by atoms with Gasteiger partial charge in [-0.25, -0.2) is 4.98 Å². The van der Waals surface area contributed by atoms with E-state index in [0.29, 0.717) is 19.5 Å². The summed E-state index contributed by atoms with van der Waals surface area (Å²) in [5.41, 5.74) is 6.89. The molecule has 2 aromatic rings. The van der Waals surface area contributed by atoms with Crippen molar-refractivity contribution in [3.63, 3.8) is 0 Å². The van der Waals surface area contributed by atoms with Gasteiger partial charge in [-0.05, 0) is 25.3 Å². The SMILES string of the molecule is Cc1nccn1CCCC(=O)N1CCN(CCc2ccccc2)CC1C(N)=O. The molecule has 0 aliphatic carbocycles. The smallest absolute Gasteiger partial charge is 0.241 e. The van der Waals surface area contributed by atoms with E-state index in [2.05, 4.69) is 22.0 Å². The summed E-state index contributed by atoms with van der Waals surface area (Å²) in [7, 11) is 0. The van der Waals surface area contributed by atoms with Crippen molar-refractivity contribution in [1.82, 2.24) is 19.4 Å². The average Bonchev–Trinajstić information content (AvgIpc) is 3.11. The number of piperazine rings is 1. The lowest BCUT2D eigenvalue weighted by Gasteiger charge is -2.40. The van der Waals surface area contributed by atoms with Crippen LogP contribution in [0.5, 0.6) is 0 Å². The van der Waals surface area contributed by atoms with E-state index in [1.807, 2.05) is 35.9 Å². The summed E-state index contributed by atoms with van der Waals surface area (Å²) in [4.78, 5) is 32.8. The molecule has 0 spiro atoms. The number of nitrogens with two attached hydrogens (primary N) is 1. The third-order valence-corrected chi connectivity index (χ3v) is 5.39. The number of primary amides is 1. The van der Waals surface area contributed by atoms with Gasteiger partial charge in [0.15, 0.2) is 0 Å². The fraction of sp³-hybridized carbons (Fsp3) is 0.476. The first-order valence-corrected chi connectivity index (χ1v) is 9.87. The molecule has 1 aromatic carbocycles. The highest BCUT2D eigenvalue weighted by molar-refractivity contribution is 5.87. The largest absolute Gasteiger partial charge is 0.368 e. The van der Waals surface area contributed by atoms with Crippen LogP contribution < -0.4 is 5.73 Å². The number of aryl methyl sites for hydroxylation is 2. The lowest BCUT2D eigenvalue weighted by molar-refractivity contribution is -0.142. The number of benzene rings is 1. The number of aromatic nitrogens is 2. The summed E-state index contributed by atoms with van der Waals surface area (Å²) in [6, 6.07) is 9.73. The zero-order chi connectivity index (χ0) is 19.9. The van der Waals surface area contributed by atoms with Gasteiger partial charge in [-0.1, -0.05) is 30.3 Å². The van der Waals surface area contributed by atoms with Gasteiger partial charge in [0.25, 0.3) is 0 Å². The van der Waals surface area contributed by atoms with E-state index < -0.39 is 11.9 Å². The van der Waals surface area contributed by atoms with Crippen molar-refractivity contribution in [3.8, 4) is 0 Å². The van der Waals surface area contributed by atoms with E-state index >= 15 is 0 Å². The molecule has 28 heavy (non-hydrogen) atoms. The van der Waals surface area contributed by atoms with E-state index in [1.54, 1.807) is 11.1 Å². The predicted octanol–water partition coefficient (Wildman–Crippen LogP) is 1.21. The van der Waals surface area contributed by atoms with Crippen LogP contribution in [-0.4, -0.2) is 63.4 Å². The lowest BCUT2D eigenvalue weighted by atomic mass is 10.1. The molecule has 0 radical (unpaired) electrons. The topological polar surface area (TPSA) is 84.5 Å². The molecule has 2 N–H and O–H groups in total. The highest BCUT2D eigenvalue weighted by Gasteiger charge is 2.33. The summed E-state index contributed by atoms with van der Waals surface area (Å²) in [5.74, 6) is 0.516. The zero-order valence-electron chi connectivity index (χ0n) is 16.5. The first-order chi connectivity index (χ1) is 13.5. The number of rotatable bonds is 8. The van der Waals surface area contributed by atoms with Gasteiger partial charge < -0.3 is 15.2 Å². The number of imidazole rings is 1. The van der Waals surface area contributed by atoms with Gasteiger partial charge in [0.1, 0.15) is 11.9 Å². The van der Waals surface area contributed by atoms with Crippen molar-refractivity contribution >= 4 is 11.8 Å². The van der Waals surface area contributed by atoms with E-state index in [9.17, 15) is 9.59 Å². The van der Waals surface area contributed by atoms with Crippen LogP contribution in [-0.2, 0) is 22.6 Å². The van der Waals surface area contributed by atoms with Crippen LogP contribution in [0.25, 0.3) is 0 Å². The van der Waals surface area contributed by atoms with Crippen molar-refractivity contribution in [2.45, 2.75) is 38.8 Å². The van der Waals surface area contributed by atoms with E-state index in [1.165, 1.54) is 5.56 Å². The highest BCUT2D eigenvalue weighted by atomic mass is 16.2. The Hall–Kier alpha value is -2.67. The molecule has 2 heterocycles. The number of amides is 2. The van der Waals surface area contributed by atoms with Crippen molar-refractivity contribution in [1.29, 1.82) is 0 Å². The Morgan fingerprint density at radius 2 is 1.96 bits per heavy atom. The molecule has 3 rings (SSSR count). The molecule has 0 bridgehead atoms. The van der Waals surface area contributed by atoms with Crippen LogP contribution >= 0.6 is 0 Å². The monoisotopic (exact) mass is 383 g/mol. The maximum absolute atomic E-state index is 12.7. The molecule has 7 heteroatoms. The predicted molar refractivity (Wildman–Crippen MR) is 107 cm³/mol. The van der Waals surface area contributed by atoms with Crippen molar-refractivity contribution in [2.75, 3.05) is 26.2 Å². The highest BCUT2D eigenvalue weighted by Crippen LogP contribution is 2.14. The van der Waals surface area contributed by atoms with Crippen LogP contribution in [0.15, 0.2) is 42.7 Å². The molecule has 1 aliphatic rings. The van der Waals surface area contributed by atoms with Gasteiger partial charge in [0.05, 0.1) is 0 Å². The molecular weight excluding hydrogens is 354 g/mol. The molecule has 1 saturated heterocycles. The average molecular weight is 383 g/mol. The van der Waals surface area contributed by atoms with Gasteiger partial charge in [-0.2, -0.15) is 0 Å². The van der Waals surface area contributed by atoms with Crippen LogP contribution in [0, 0.1) is 6.92 Å². The number of carbonyl (C=O) groups is 2. The standard InChI is InChI=1S/C21H29N5O2/c1-17-23-10-13-25(17)11-5-8-20(27)26-15-14-24(16-19(26)21(22)28)12-9-18-6-3-2-4-7-18/h2-4,6-7,10,13,19H,5,8-9,11-12,14-16H2,1H3,(H2,22,28). The Balaban J connectivity index is 1.50. The molecule has 1 aromatic heterocycles. The first kappa shape index (κ1) is 20.1. The number of nitrogens with zero attached hydrogens (tertiary/aromatic N) is 4. The Bertz CT molecular complexity index is 789. The Kier molecular flexibility index (Phi) is 6.81. The van der Waals surface area contributed by atoms with Gasteiger partial charge in [-0.15, -0.1) is 0 Å². The Labute approximate surface area is 166 Å².